The Labute approximate surface area is 90.9 Å². The topological polar surface area (TPSA) is 20.2 Å². The maximum absolute atomic E-state index is 12.7. The van der Waals surface area contributed by atoms with E-state index in [-0.39, 0.29) is 17.3 Å². The molecule has 0 saturated heterocycles. The molecular weight excluding hydrogens is 191 g/mol. The zero-order chi connectivity index (χ0) is 11.5. The molecule has 0 radical (unpaired) electrons. The van der Waals surface area contributed by atoms with E-state index in [9.17, 15) is 9.50 Å². The van der Waals surface area contributed by atoms with E-state index in [0.717, 1.165) is 12.0 Å². The Balaban J connectivity index is 2.66. The first-order chi connectivity index (χ1) is 6.95. The van der Waals surface area contributed by atoms with Gasteiger partial charge in [0.1, 0.15) is 5.82 Å². The molecular formula is C13H19FO. The number of aliphatic hydroxyl groups excluding tert-OH is 1. The molecule has 1 aromatic carbocycles. The van der Waals surface area contributed by atoms with Crippen molar-refractivity contribution < 1.29 is 9.50 Å². The summed E-state index contributed by atoms with van der Waals surface area (Å²) >= 11 is 0. The summed E-state index contributed by atoms with van der Waals surface area (Å²) in [5.74, 6) is -0.233. The summed E-state index contributed by atoms with van der Waals surface area (Å²) in [7, 11) is 0. The van der Waals surface area contributed by atoms with Crippen molar-refractivity contribution in [2.45, 2.75) is 39.7 Å². The Bertz CT molecular complexity index is 303. The van der Waals surface area contributed by atoms with Crippen LogP contribution in [0.2, 0.25) is 0 Å². The highest BCUT2D eigenvalue weighted by Gasteiger charge is 2.25. The molecule has 1 atom stereocenters. The van der Waals surface area contributed by atoms with Gasteiger partial charge in [0.15, 0.2) is 0 Å². The summed E-state index contributed by atoms with van der Waals surface area (Å²) < 4.78 is 12.7. The van der Waals surface area contributed by atoms with Crippen molar-refractivity contribution >= 4 is 0 Å². The van der Waals surface area contributed by atoms with Gasteiger partial charge in [-0.3, -0.25) is 0 Å². The number of hydrogen-bond acceptors (Lipinski definition) is 1. The fourth-order valence-electron chi connectivity index (χ4n) is 1.36. The maximum Gasteiger partial charge on any atom is 0.123 e. The lowest BCUT2D eigenvalue weighted by Gasteiger charge is -2.29. The van der Waals surface area contributed by atoms with Crippen LogP contribution in [0.4, 0.5) is 4.39 Å². The smallest absolute Gasteiger partial charge is 0.123 e. The summed E-state index contributed by atoms with van der Waals surface area (Å²) in [5.41, 5.74) is 0.888. The molecule has 0 spiro atoms. The molecule has 84 valence electrons. The van der Waals surface area contributed by atoms with Crippen molar-refractivity contribution in [2.75, 3.05) is 0 Å². The first-order valence-corrected chi connectivity index (χ1v) is 5.38. The lowest BCUT2D eigenvalue weighted by molar-refractivity contribution is 0.0479. The Morgan fingerprint density at radius 3 is 2.27 bits per heavy atom. The summed E-state index contributed by atoms with van der Waals surface area (Å²) in [6.45, 7) is 6.15. The van der Waals surface area contributed by atoms with Gasteiger partial charge in [-0.25, -0.2) is 4.39 Å². The minimum absolute atomic E-state index is 0.0889. The van der Waals surface area contributed by atoms with Crippen LogP contribution in [-0.2, 0) is 6.42 Å². The van der Waals surface area contributed by atoms with Gasteiger partial charge < -0.3 is 5.11 Å². The molecule has 1 nitrogen and oxygen atoms in total. The fraction of sp³-hybridized carbons (Fsp3) is 0.538. The predicted molar refractivity (Wildman–Crippen MR) is 60.2 cm³/mol. The predicted octanol–water partition coefficient (Wildman–Crippen LogP) is 3.17. The number of aliphatic hydroxyl groups is 1. The Morgan fingerprint density at radius 1 is 1.27 bits per heavy atom. The van der Waals surface area contributed by atoms with Crippen LogP contribution in [0.3, 0.4) is 0 Å². The van der Waals surface area contributed by atoms with E-state index < -0.39 is 0 Å². The lowest BCUT2D eigenvalue weighted by atomic mass is 9.81. The van der Waals surface area contributed by atoms with Gasteiger partial charge in [-0.1, -0.05) is 32.9 Å². The van der Waals surface area contributed by atoms with Gasteiger partial charge in [0.05, 0.1) is 6.10 Å². The van der Waals surface area contributed by atoms with Gasteiger partial charge in [0.25, 0.3) is 0 Å². The Morgan fingerprint density at radius 2 is 1.80 bits per heavy atom. The third-order valence-corrected chi connectivity index (χ3v) is 3.16. The third-order valence-electron chi connectivity index (χ3n) is 3.16. The third kappa shape index (κ3) is 3.31. The van der Waals surface area contributed by atoms with E-state index in [1.54, 1.807) is 12.1 Å². The van der Waals surface area contributed by atoms with Crippen LogP contribution in [0, 0.1) is 11.2 Å². The first-order valence-electron chi connectivity index (χ1n) is 5.38. The number of rotatable bonds is 4. The molecule has 0 aliphatic carbocycles. The van der Waals surface area contributed by atoms with Crippen LogP contribution in [0.25, 0.3) is 0 Å². The molecule has 0 heterocycles. The van der Waals surface area contributed by atoms with Crippen LogP contribution in [0.1, 0.15) is 32.8 Å². The second-order valence-electron chi connectivity index (χ2n) is 4.69. The van der Waals surface area contributed by atoms with Crippen molar-refractivity contribution in [3.63, 3.8) is 0 Å². The second kappa shape index (κ2) is 4.75. The number of benzene rings is 1. The van der Waals surface area contributed by atoms with Crippen LogP contribution in [-0.4, -0.2) is 11.2 Å². The van der Waals surface area contributed by atoms with Crippen molar-refractivity contribution in [2.24, 2.45) is 5.41 Å². The SMILES string of the molecule is CCC(C)(C)C(O)Cc1ccc(F)cc1. The summed E-state index contributed by atoms with van der Waals surface area (Å²) in [4.78, 5) is 0. The van der Waals surface area contributed by atoms with E-state index in [0.29, 0.717) is 6.42 Å². The van der Waals surface area contributed by atoms with Gasteiger partial charge in [-0.15, -0.1) is 0 Å². The van der Waals surface area contributed by atoms with E-state index in [1.165, 1.54) is 12.1 Å². The van der Waals surface area contributed by atoms with E-state index in [1.807, 2.05) is 13.8 Å². The quantitative estimate of drug-likeness (QED) is 0.809. The molecule has 0 saturated carbocycles. The Hall–Kier alpha value is -0.890. The molecule has 1 unspecified atom stereocenters. The second-order valence-corrected chi connectivity index (χ2v) is 4.69. The first kappa shape index (κ1) is 12.2. The maximum atomic E-state index is 12.7. The molecule has 0 amide bonds. The van der Waals surface area contributed by atoms with E-state index in [2.05, 4.69) is 6.92 Å². The largest absolute Gasteiger partial charge is 0.392 e. The molecule has 2 heteroatoms. The van der Waals surface area contributed by atoms with E-state index in [4.69, 9.17) is 0 Å². The van der Waals surface area contributed by atoms with Gasteiger partial charge in [-0.05, 0) is 36.0 Å². The van der Waals surface area contributed by atoms with E-state index >= 15 is 0 Å². The van der Waals surface area contributed by atoms with Crippen LogP contribution in [0.5, 0.6) is 0 Å². The van der Waals surface area contributed by atoms with Gasteiger partial charge >= 0.3 is 0 Å². The molecule has 15 heavy (non-hydrogen) atoms. The van der Waals surface area contributed by atoms with Crippen molar-refractivity contribution in [1.82, 2.24) is 0 Å². The molecule has 0 aliphatic heterocycles. The van der Waals surface area contributed by atoms with Gasteiger partial charge in [0, 0.05) is 0 Å². The highest BCUT2D eigenvalue weighted by molar-refractivity contribution is 5.17. The highest BCUT2D eigenvalue weighted by Crippen LogP contribution is 2.27. The highest BCUT2D eigenvalue weighted by atomic mass is 19.1. The van der Waals surface area contributed by atoms with Gasteiger partial charge in [0.2, 0.25) is 0 Å². The molecule has 1 N–H and O–H groups in total. The monoisotopic (exact) mass is 210 g/mol. The molecule has 0 bridgehead atoms. The van der Waals surface area contributed by atoms with Crippen molar-refractivity contribution in [3.05, 3.63) is 35.6 Å². The lowest BCUT2D eigenvalue weighted by Crippen LogP contribution is -2.30. The van der Waals surface area contributed by atoms with Crippen molar-refractivity contribution in [1.29, 1.82) is 0 Å². The number of halogens is 1. The minimum atomic E-state index is -0.382. The molecule has 0 aliphatic rings. The summed E-state index contributed by atoms with van der Waals surface area (Å²) in [6, 6.07) is 6.32. The van der Waals surface area contributed by atoms with Crippen LogP contribution >= 0.6 is 0 Å². The van der Waals surface area contributed by atoms with Crippen LogP contribution in [0.15, 0.2) is 24.3 Å². The molecule has 0 aromatic heterocycles. The standard InChI is InChI=1S/C13H19FO/c1-4-13(2,3)12(15)9-10-5-7-11(14)8-6-10/h5-8,12,15H,4,9H2,1-3H3. The minimum Gasteiger partial charge on any atom is -0.392 e. The fourth-order valence-corrected chi connectivity index (χ4v) is 1.36. The zero-order valence-corrected chi connectivity index (χ0v) is 9.63. The summed E-state index contributed by atoms with van der Waals surface area (Å²) in [5, 5.41) is 10.0. The van der Waals surface area contributed by atoms with Crippen molar-refractivity contribution in [3.8, 4) is 0 Å². The van der Waals surface area contributed by atoms with Crippen LogP contribution < -0.4 is 0 Å². The zero-order valence-electron chi connectivity index (χ0n) is 9.63. The average Bonchev–Trinajstić information content (AvgIpc) is 2.21. The summed E-state index contributed by atoms with van der Waals surface area (Å²) in [6.07, 6.45) is 1.13. The number of hydrogen-bond donors (Lipinski definition) is 1. The molecule has 1 rings (SSSR count). The Kier molecular flexibility index (Phi) is 3.86. The molecule has 1 aromatic rings. The molecule has 0 fully saturated rings. The van der Waals surface area contributed by atoms with Gasteiger partial charge in [-0.2, -0.15) is 0 Å². The average molecular weight is 210 g/mol. The normalized spacial score (nSPS) is 13.9.